The average Bonchev–Trinajstić information content (AvgIpc) is 2.75. The van der Waals surface area contributed by atoms with Crippen molar-refractivity contribution in [2.45, 2.75) is 20.2 Å². The summed E-state index contributed by atoms with van der Waals surface area (Å²) in [6.45, 7) is 3.77. The van der Waals surface area contributed by atoms with Crippen molar-refractivity contribution in [1.29, 1.82) is 0 Å². The monoisotopic (exact) mass is 254 g/mol. The summed E-state index contributed by atoms with van der Waals surface area (Å²) in [7, 11) is 0. The fourth-order valence-corrected chi connectivity index (χ4v) is 3.42. The van der Waals surface area contributed by atoms with Crippen molar-refractivity contribution in [2.24, 2.45) is 0 Å². The number of rotatable bonds is 2. The molecule has 0 aliphatic carbocycles. The number of hydrogen-bond donors (Lipinski definition) is 1. The summed E-state index contributed by atoms with van der Waals surface area (Å²) >= 11 is 1.82. The topological polar surface area (TPSA) is 20.2 Å². The van der Waals surface area contributed by atoms with Gasteiger partial charge in [0.05, 0.1) is 0 Å². The molecule has 1 nitrogen and oxygen atoms in total. The van der Waals surface area contributed by atoms with E-state index < -0.39 is 0 Å². The molecular formula is C15H15BOS. The zero-order valence-corrected chi connectivity index (χ0v) is 11.4. The van der Waals surface area contributed by atoms with Crippen LogP contribution in [0.25, 0.3) is 20.2 Å². The lowest BCUT2D eigenvalue weighted by atomic mass is 9.59. The molecule has 0 aliphatic rings. The van der Waals surface area contributed by atoms with Crippen molar-refractivity contribution in [2.75, 3.05) is 0 Å². The van der Waals surface area contributed by atoms with Gasteiger partial charge in [-0.1, -0.05) is 30.7 Å². The Morgan fingerprint density at radius 2 is 1.72 bits per heavy atom. The highest BCUT2D eigenvalue weighted by atomic mass is 32.1. The van der Waals surface area contributed by atoms with Gasteiger partial charge in [0.1, 0.15) is 0 Å². The van der Waals surface area contributed by atoms with Gasteiger partial charge in [0, 0.05) is 14.8 Å². The summed E-state index contributed by atoms with van der Waals surface area (Å²) in [5.41, 5.74) is 2.30. The number of thiophene rings is 1. The SMILES string of the molecule is CCB(O)c1ccc2sc3ccc(C)cc3c2c1. The highest BCUT2D eigenvalue weighted by molar-refractivity contribution is 7.25. The highest BCUT2D eigenvalue weighted by Gasteiger charge is 2.13. The number of aryl methyl sites for hydroxylation is 1. The van der Waals surface area contributed by atoms with E-state index in [-0.39, 0.29) is 6.92 Å². The van der Waals surface area contributed by atoms with Gasteiger partial charge in [-0.05, 0) is 42.3 Å². The predicted molar refractivity (Wildman–Crippen MR) is 82.2 cm³/mol. The summed E-state index contributed by atoms with van der Waals surface area (Å²) in [5.74, 6) is 0. The van der Waals surface area contributed by atoms with Crippen LogP contribution < -0.4 is 5.46 Å². The smallest absolute Gasteiger partial charge is 0.323 e. The molecule has 1 N–H and O–H groups in total. The van der Waals surface area contributed by atoms with Crippen LogP contribution in [-0.2, 0) is 0 Å². The molecule has 0 saturated carbocycles. The minimum atomic E-state index is -0.353. The van der Waals surface area contributed by atoms with Gasteiger partial charge < -0.3 is 5.02 Å². The molecule has 0 saturated heterocycles. The molecule has 3 rings (SSSR count). The van der Waals surface area contributed by atoms with Crippen molar-refractivity contribution < 1.29 is 5.02 Å². The van der Waals surface area contributed by atoms with Crippen LogP contribution in [0, 0.1) is 6.92 Å². The Hall–Kier alpha value is -1.32. The molecule has 0 aliphatic heterocycles. The van der Waals surface area contributed by atoms with E-state index >= 15 is 0 Å². The number of benzene rings is 2. The Morgan fingerprint density at radius 3 is 2.44 bits per heavy atom. The van der Waals surface area contributed by atoms with E-state index in [1.54, 1.807) is 0 Å². The van der Waals surface area contributed by atoms with Crippen LogP contribution in [-0.4, -0.2) is 11.9 Å². The lowest BCUT2D eigenvalue weighted by Gasteiger charge is -2.03. The van der Waals surface area contributed by atoms with Crippen LogP contribution in [0.2, 0.25) is 6.32 Å². The summed E-state index contributed by atoms with van der Waals surface area (Å²) in [6, 6.07) is 12.9. The van der Waals surface area contributed by atoms with Gasteiger partial charge >= 0.3 is 6.92 Å². The fraction of sp³-hybridized carbons (Fsp3) is 0.200. The zero-order valence-electron chi connectivity index (χ0n) is 10.6. The van der Waals surface area contributed by atoms with Crippen LogP contribution in [0.5, 0.6) is 0 Å². The van der Waals surface area contributed by atoms with Gasteiger partial charge in [-0.2, -0.15) is 0 Å². The van der Waals surface area contributed by atoms with E-state index in [9.17, 15) is 5.02 Å². The van der Waals surface area contributed by atoms with Crippen LogP contribution >= 0.6 is 11.3 Å². The minimum Gasteiger partial charge on any atom is -0.446 e. The average molecular weight is 254 g/mol. The quantitative estimate of drug-likeness (QED) is 0.693. The zero-order chi connectivity index (χ0) is 12.7. The first-order chi connectivity index (χ1) is 8.69. The van der Waals surface area contributed by atoms with E-state index in [0.29, 0.717) is 0 Å². The summed E-state index contributed by atoms with van der Waals surface area (Å²) in [6.07, 6.45) is 0.757. The van der Waals surface area contributed by atoms with Gasteiger partial charge in [0.25, 0.3) is 0 Å². The first kappa shape index (κ1) is 11.8. The Bertz CT molecular complexity index is 717. The molecule has 0 atom stereocenters. The molecule has 2 aromatic carbocycles. The van der Waals surface area contributed by atoms with Crippen molar-refractivity contribution in [3.05, 3.63) is 42.0 Å². The van der Waals surface area contributed by atoms with Gasteiger partial charge in [-0.25, -0.2) is 0 Å². The van der Waals surface area contributed by atoms with Crippen molar-refractivity contribution in [1.82, 2.24) is 0 Å². The van der Waals surface area contributed by atoms with Gasteiger partial charge in [-0.15, -0.1) is 11.3 Å². The molecule has 0 spiro atoms. The van der Waals surface area contributed by atoms with Crippen LogP contribution in [0.15, 0.2) is 36.4 Å². The fourth-order valence-electron chi connectivity index (χ4n) is 2.35. The largest absolute Gasteiger partial charge is 0.446 e. The molecule has 3 heteroatoms. The second-order valence-electron chi connectivity index (χ2n) is 4.78. The molecule has 18 heavy (non-hydrogen) atoms. The Kier molecular flexibility index (Phi) is 2.88. The number of hydrogen-bond acceptors (Lipinski definition) is 2. The Balaban J connectivity index is 2.30. The third kappa shape index (κ3) is 1.84. The van der Waals surface area contributed by atoms with Crippen LogP contribution in [0.4, 0.5) is 0 Å². The summed E-state index contributed by atoms with van der Waals surface area (Å²) in [4.78, 5) is 0. The molecule has 3 aromatic rings. The molecule has 0 unspecified atom stereocenters. The van der Waals surface area contributed by atoms with E-state index in [0.717, 1.165) is 11.8 Å². The maximum atomic E-state index is 9.96. The van der Waals surface area contributed by atoms with Crippen LogP contribution in [0.1, 0.15) is 12.5 Å². The second kappa shape index (κ2) is 4.41. The Labute approximate surface area is 111 Å². The second-order valence-corrected chi connectivity index (χ2v) is 5.87. The van der Waals surface area contributed by atoms with Gasteiger partial charge in [0.2, 0.25) is 0 Å². The number of fused-ring (bicyclic) bond motifs is 3. The van der Waals surface area contributed by atoms with Crippen molar-refractivity contribution >= 4 is 43.9 Å². The maximum Gasteiger partial charge on any atom is 0.323 e. The molecule has 0 bridgehead atoms. The molecular weight excluding hydrogens is 239 g/mol. The summed E-state index contributed by atoms with van der Waals surface area (Å²) in [5, 5.41) is 12.5. The standard InChI is InChI=1S/C15H15BOS/c1-3-16(17)11-5-7-15-13(9-11)12-8-10(2)4-6-14(12)18-15/h4-9,17H,3H2,1-2H3. The van der Waals surface area contributed by atoms with Crippen LogP contribution in [0.3, 0.4) is 0 Å². The highest BCUT2D eigenvalue weighted by Crippen LogP contribution is 2.33. The third-order valence-corrected chi connectivity index (χ3v) is 4.57. The Morgan fingerprint density at radius 1 is 1.06 bits per heavy atom. The van der Waals surface area contributed by atoms with E-state index in [4.69, 9.17) is 0 Å². The van der Waals surface area contributed by atoms with Crippen molar-refractivity contribution in [3.8, 4) is 0 Å². The van der Waals surface area contributed by atoms with E-state index in [1.807, 2.05) is 24.3 Å². The lowest BCUT2D eigenvalue weighted by molar-refractivity contribution is 0.586. The molecule has 0 radical (unpaired) electrons. The molecule has 1 aromatic heterocycles. The van der Waals surface area contributed by atoms with E-state index in [2.05, 4.69) is 37.3 Å². The molecule has 90 valence electrons. The van der Waals surface area contributed by atoms with Gasteiger partial charge in [-0.3, -0.25) is 0 Å². The molecule has 0 amide bonds. The lowest BCUT2D eigenvalue weighted by Crippen LogP contribution is -2.28. The maximum absolute atomic E-state index is 9.96. The predicted octanol–water partition coefficient (Wildman–Crippen LogP) is 3.57. The normalized spacial score (nSPS) is 11.3. The molecule has 0 fully saturated rings. The van der Waals surface area contributed by atoms with Crippen molar-refractivity contribution in [3.63, 3.8) is 0 Å². The third-order valence-electron chi connectivity index (χ3n) is 3.42. The van der Waals surface area contributed by atoms with E-state index in [1.165, 1.54) is 25.7 Å². The van der Waals surface area contributed by atoms with Gasteiger partial charge in [0.15, 0.2) is 0 Å². The first-order valence-corrected chi connectivity index (χ1v) is 7.11. The molecule has 1 heterocycles. The minimum absolute atomic E-state index is 0.353. The first-order valence-electron chi connectivity index (χ1n) is 6.30. The summed E-state index contributed by atoms with van der Waals surface area (Å²) < 4.78 is 2.61.